The number of carbonyl (C=O) groups is 1. The molecule has 0 aliphatic rings. The summed E-state index contributed by atoms with van der Waals surface area (Å²) in [4.78, 5) is 17.4. The molecule has 4 nitrogen and oxygen atoms in total. The maximum atomic E-state index is 12.8. The highest BCUT2D eigenvalue weighted by molar-refractivity contribution is 7.98. The summed E-state index contributed by atoms with van der Waals surface area (Å²) < 4.78 is 6.01. The molecule has 2 aromatic carbocycles. The number of rotatable bonds is 10. The van der Waals surface area contributed by atoms with Gasteiger partial charge in [0.15, 0.2) is 5.78 Å². The van der Waals surface area contributed by atoms with Gasteiger partial charge >= 0.3 is 0 Å². The smallest absolute Gasteiger partial charge is 0.166 e. The summed E-state index contributed by atoms with van der Waals surface area (Å²) in [5.74, 6) is 1.92. The fraction of sp³-hybridized carbons (Fsp3) is 0.333. The van der Waals surface area contributed by atoms with Crippen molar-refractivity contribution in [2.45, 2.75) is 33.1 Å². The Kier molecular flexibility index (Phi) is 7.53. The van der Waals surface area contributed by atoms with Crippen molar-refractivity contribution < 1.29 is 9.53 Å². The Morgan fingerprint density at radius 3 is 2.76 bits per heavy atom. The predicted octanol–water partition coefficient (Wildman–Crippen LogP) is 6.40. The molecule has 0 aliphatic carbocycles. The lowest BCUT2D eigenvalue weighted by molar-refractivity contribution is 0.0982. The highest BCUT2D eigenvalue weighted by Gasteiger charge is 2.17. The van der Waals surface area contributed by atoms with Crippen LogP contribution in [0.3, 0.4) is 0 Å². The fourth-order valence-electron chi connectivity index (χ4n) is 3.25. The maximum Gasteiger partial charge on any atom is 0.166 e. The molecule has 0 amide bonds. The topological polar surface area (TPSA) is 51.2 Å². The zero-order valence-electron chi connectivity index (χ0n) is 17.3. The third-order valence-electron chi connectivity index (χ3n) is 4.79. The van der Waals surface area contributed by atoms with Crippen molar-refractivity contribution in [1.29, 1.82) is 0 Å². The van der Waals surface area contributed by atoms with Crippen LogP contribution in [0.25, 0.3) is 10.9 Å². The van der Waals surface area contributed by atoms with E-state index < -0.39 is 0 Å². The van der Waals surface area contributed by atoms with Crippen LogP contribution in [-0.4, -0.2) is 29.4 Å². The summed E-state index contributed by atoms with van der Waals surface area (Å²) in [6, 6.07) is 14.0. The Morgan fingerprint density at radius 2 is 2.00 bits per heavy atom. The number of para-hydroxylation sites is 2. The first kappa shape index (κ1) is 21.2. The summed E-state index contributed by atoms with van der Waals surface area (Å²) in [5.41, 5.74) is 4.31. The standard InChI is InChI=1S/C24H28N2O2S/c1-4-9-21(27)19-16-25-24-18(11-7-13-22(24)28-14-8-15-29-3)23(19)26-20-12-6-5-10-17(20)2/h5-7,10-13,16H,4,8-9,14-15H2,1-3H3,(H,25,26). The number of ether oxygens (including phenoxy) is 1. The molecule has 0 saturated heterocycles. The SMILES string of the molecule is CCCC(=O)c1cnc2c(OCCCSC)cccc2c1Nc1ccccc1C. The Labute approximate surface area is 177 Å². The molecule has 3 aromatic rings. The first-order valence-corrected chi connectivity index (χ1v) is 11.4. The van der Waals surface area contributed by atoms with E-state index in [1.807, 2.05) is 55.1 Å². The van der Waals surface area contributed by atoms with Gasteiger partial charge in [0.1, 0.15) is 11.3 Å². The van der Waals surface area contributed by atoms with Crippen LogP contribution in [0.15, 0.2) is 48.7 Å². The molecule has 0 saturated carbocycles. The molecule has 0 fully saturated rings. The Hall–Kier alpha value is -2.53. The van der Waals surface area contributed by atoms with Crippen molar-refractivity contribution in [2.75, 3.05) is 23.9 Å². The van der Waals surface area contributed by atoms with Crippen molar-refractivity contribution >= 4 is 39.8 Å². The molecule has 0 radical (unpaired) electrons. The summed E-state index contributed by atoms with van der Waals surface area (Å²) in [6.45, 7) is 4.72. The first-order chi connectivity index (χ1) is 14.2. The minimum absolute atomic E-state index is 0.101. The highest BCUT2D eigenvalue weighted by Crippen LogP contribution is 2.35. The van der Waals surface area contributed by atoms with Gasteiger partial charge < -0.3 is 10.1 Å². The molecule has 1 aromatic heterocycles. The molecular formula is C24H28N2O2S. The van der Waals surface area contributed by atoms with Crippen LogP contribution in [0.5, 0.6) is 5.75 Å². The molecule has 5 heteroatoms. The molecule has 0 bridgehead atoms. The Balaban J connectivity index is 2.06. The van der Waals surface area contributed by atoms with E-state index in [1.165, 1.54) is 0 Å². The number of ketones is 1. The van der Waals surface area contributed by atoms with Crippen molar-refractivity contribution in [3.8, 4) is 5.75 Å². The predicted molar refractivity (Wildman–Crippen MR) is 124 cm³/mol. The second-order valence-corrected chi connectivity index (χ2v) is 7.99. The van der Waals surface area contributed by atoms with Gasteiger partial charge in [-0.1, -0.05) is 37.3 Å². The molecule has 29 heavy (non-hydrogen) atoms. The molecule has 3 rings (SSSR count). The molecule has 1 N–H and O–H groups in total. The van der Waals surface area contributed by atoms with E-state index in [0.717, 1.165) is 52.2 Å². The molecule has 152 valence electrons. The third kappa shape index (κ3) is 5.10. The minimum Gasteiger partial charge on any atom is -0.491 e. The van der Waals surface area contributed by atoms with Crippen LogP contribution in [0.4, 0.5) is 11.4 Å². The number of hydrogen-bond donors (Lipinski definition) is 1. The van der Waals surface area contributed by atoms with Gasteiger partial charge in [0.2, 0.25) is 0 Å². The van der Waals surface area contributed by atoms with E-state index in [1.54, 1.807) is 6.20 Å². The van der Waals surface area contributed by atoms with Crippen LogP contribution < -0.4 is 10.1 Å². The summed E-state index contributed by atoms with van der Waals surface area (Å²) in [5, 5.41) is 4.41. The quantitative estimate of drug-likeness (QED) is 0.311. The lowest BCUT2D eigenvalue weighted by Gasteiger charge is -2.17. The molecule has 0 spiro atoms. The fourth-order valence-corrected chi connectivity index (χ4v) is 3.66. The number of Topliss-reactive ketones (excluding diaryl/α,β-unsaturated/α-hetero) is 1. The summed E-state index contributed by atoms with van der Waals surface area (Å²) in [7, 11) is 0. The van der Waals surface area contributed by atoms with E-state index in [4.69, 9.17) is 4.74 Å². The molecule has 0 aliphatic heterocycles. The average Bonchev–Trinajstić information content (AvgIpc) is 2.73. The number of carbonyl (C=O) groups excluding carboxylic acids is 1. The van der Waals surface area contributed by atoms with Crippen LogP contribution in [0, 0.1) is 6.92 Å². The number of anilines is 2. The van der Waals surface area contributed by atoms with Gasteiger partial charge in [0.05, 0.1) is 17.9 Å². The number of pyridine rings is 1. The van der Waals surface area contributed by atoms with Crippen LogP contribution >= 0.6 is 11.8 Å². The first-order valence-electron chi connectivity index (χ1n) is 10.0. The van der Waals surface area contributed by atoms with Gasteiger partial charge in [-0.3, -0.25) is 9.78 Å². The van der Waals surface area contributed by atoms with Crippen LogP contribution in [0.1, 0.15) is 42.1 Å². The Bertz CT molecular complexity index is 988. The van der Waals surface area contributed by atoms with Crippen molar-refractivity contribution in [2.24, 2.45) is 0 Å². The number of benzene rings is 2. The van der Waals surface area contributed by atoms with E-state index in [9.17, 15) is 4.79 Å². The molecule has 0 unspecified atom stereocenters. The van der Waals surface area contributed by atoms with Crippen LogP contribution in [0.2, 0.25) is 0 Å². The van der Waals surface area contributed by atoms with Gasteiger partial charge in [-0.15, -0.1) is 0 Å². The third-order valence-corrected chi connectivity index (χ3v) is 5.49. The van der Waals surface area contributed by atoms with Crippen molar-refractivity contribution in [3.63, 3.8) is 0 Å². The van der Waals surface area contributed by atoms with Crippen molar-refractivity contribution in [1.82, 2.24) is 4.98 Å². The zero-order valence-corrected chi connectivity index (χ0v) is 18.1. The number of aryl methyl sites for hydroxylation is 1. The van der Waals surface area contributed by atoms with Gasteiger partial charge in [-0.2, -0.15) is 11.8 Å². The molecule has 0 atom stereocenters. The number of nitrogens with one attached hydrogen (secondary N) is 1. The molecule has 1 heterocycles. The van der Waals surface area contributed by atoms with Crippen molar-refractivity contribution in [3.05, 3.63) is 59.8 Å². The summed E-state index contributed by atoms with van der Waals surface area (Å²) in [6.07, 6.45) is 6.08. The van der Waals surface area contributed by atoms with Gasteiger partial charge in [-0.05, 0) is 49.5 Å². The number of nitrogens with zero attached hydrogens (tertiary/aromatic N) is 1. The lowest BCUT2D eigenvalue weighted by atomic mass is 10.0. The van der Waals surface area contributed by atoms with Gasteiger partial charge in [0.25, 0.3) is 0 Å². The summed E-state index contributed by atoms with van der Waals surface area (Å²) >= 11 is 1.81. The number of hydrogen-bond acceptors (Lipinski definition) is 5. The number of thioether (sulfide) groups is 1. The van der Waals surface area contributed by atoms with E-state index in [-0.39, 0.29) is 5.78 Å². The van der Waals surface area contributed by atoms with Gasteiger partial charge in [-0.25, -0.2) is 0 Å². The van der Waals surface area contributed by atoms with Crippen LogP contribution in [-0.2, 0) is 0 Å². The number of fused-ring (bicyclic) bond motifs is 1. The van der Waals surface area contributed by atoms with E-state index in [0.29, 0.717) is 18.6 Å². The zero-order chi connectivity index (χ0) is 20.6. The maximum absolute atomic E-state index is 12.8. The second kappa shape index (κ2) is 10.3. The van der Waals surface area contributed by atoms with Gasteiger partial charge in [0, 0.05) is 23.7 Å². The lowest BCUT2D eigenvalue weighted by Crippen LogP contribution is -2.07. The minimum atomic E-state index is 0.101. The molecular weight excluding hydrogens is 380 g/mol. The second-order valence-electron chi connectivity index (χ2n) is 7.01. The van der Waals surface area contributed by atoms with E-state index in [2.05, 4.69) is 29.5 Å². The normalized spacial score (nSPS) is 10.9. The largest absolute Gasteiger partial charge is 0.491 e. The number of aromatic nitrogens is 1. The highest BCUT2D eigenvalue weighted by atomic mass is 32.2. The van der Waals surface area contributed by atoms with E-state index >= 15 is 0 Å². The average molecular weight is 409 g/mol. The Morgan fingerprint density at radius 1 is 1.17 bits per heavy atom. The monoisotopic (exact) mass is 408 g/mol.